The lowest BCUT2D eigenvalue weighted by atomic mass is 9.97. The zero-order chi connectivity index (χ0) is 12.9. The molecule has 4 nitrogen and oxygen atoms in total. The molecule has 0 fully saturated rings. The molecule has 0 unspecified atom stereocenters. The van der Waals surface area contributed by atoms with Crippen molar-refractivity contribution in [3.8, 4) is 5.75 Å². The first-order chi connectivity index (χ1) is 8.04. The van der Waals surface area contributed by atoms with Crippen molar-refractivity contribution in [1.29, 1.82) is 0 Å². The van der Waals surface area contributed by atoms with Gasteiger partial charge in [-0.3, -0.25) is 0 Å². The monoisotopic (exact) mass is 238 g/mol. The second-order valence-corrected chi connectivity index (χ2v) is 4.24. The predicted octanol–water partition coefficient (Wildman–Crippen LogP) is 2.24. The van der Waals surface area contributed by atoms with E-state index in [4.69, 9.17) is 10.5 Å². The van der Waals surface area contributed by atoms with Crippen LogP contribution in [0, 0.1) is 0 Å². The smallest absolute Gasteiger partial charge is 0.121 e. The molecule has 0 spiro atoms. The molecule has 0 bridgehead atoms. The Hall–Kier alpha value is -1.42. The maximum Gasteiger partial charge on any atom is 0.121 e. The summed E-state index contributed by atoms with van der Waals surface area (Å²) in [6, 6.07) is 5.44. The van der Waals surface area contributed by atoms with Crippen molar-refractivity contribution in [1.82, 2.24) is 0 Å². The maximum atomic E-state index is 10.2. The molecule has 4 heteroatoms. The average molecular weight is 238 g/mol. The summed E-state index contributed by atoms with van der Waals surface area (Å²) in [7, 11) is 1.61. The quantitative estimate of drug-likeness (QED) is 0.665. The van der Waals surface area contributed by atoms with E-state index in [0.29, 0.717) is 25.1 Å². The molecule has 0 atom stereocenters. The maximum absolute atomic E-state index is 10.2. The third-order valence-electron chi connectivity index (χ3n) is 3.18. The molecular formula is C13H22N2O2. The largest absolute Gasteiger partial charge is 0.497 e. The van der Waals surface area contributed by atoms with Crippen LogP contribution in [0.1, 0.15) is 26.7 Å². The molecule has 4 N–H and O–H groups in total. The minimum absolute atomic E-state index is 0.483. The number of methoxy groups -OCH3 is 1. The molecule has 1 aromatic carbocycles. The minimum atomic E-state index is -0.685. The molecule has 1 aromatic rings. The normalized spacial score (nSPS) is 11.3. The van der Waals surface area contributed by atoms with Crippen LogP contribution < -0.4 is 15.8 Å². The third kappa shape index (κ3) is 3.53. The van der Waals surface area contributed by atoms with E-state index in [9.17, 15) is 5.11 Å². The summed E-state index contributed by atoms with van der Waals surface area (Å²) in [5.41, 5.74) is 6.62. The van der Waals surface area contributed by atoms with E-state index in [1.54, 1.807) is 13.2 Å². The van der Waals surface area contributed by atoms with E-state index in [-0.39, 0.29) is 0 Å². The molecule has 1 rings (SSSR count). The molecule has 0 aliphatic rings. The Bertz CT molecular complexity index is 362. The fourth-order valence-electron chi connectivity index (χ4n) is 1.58. The minimum Gasteiger partial charge on any atom is -0.497 e. The highest BCUT2D eigenvalue weighted by Gasteiger charge is 2.21. The standard InChI is InChI=1S/C13H22N2O2/c1-4-13(16,5-2)9-15-12-8-10(17-3)6-7-11(12)14/h6-8,15-16H,4-5,9,14H2,1-3H3. The first-order valence-corrected chi connectivity index (χ1v) is 5.94. The van der Waals surface area contributed by atoms with Crippen LogP contribution in [-0.4, -0.2) is 24.4 Å². The fourth-order valence-corrected chi connectivity index (χ4v) is 1.58. The van der Waals surface area contributed by atoms with Crippen LogP contribution >= 0.6 is 0 Å². The first kappa shape index (κ1) is 13.6. The van der Waals surface area contributed by atoms with Gasteiger partial charge in [-0.15, -0.1) is 0 Å². The molecule has 0 aromatic heterocycles. The van der Waals surface area contributed by atoms with Crippen molar-refractivity contribution < 1.29 is 9.84 Å². The highest BCUT2D eigenvalue weighted by atomic mass is 16.5. The van der Waals surface area contributed by atoms with Gasteiger partial charge in [-0.25, -0.2) is 0 Å². The summed E-state index contributed by atoms with van der Waals surface area (Å²) >= 11 is 0. The van der Waals surface area contributed by atoms with Crippen molar-refractivity contribution in [2.24, 2.45) is 0 Å². The van der Waals surface area contributed by atoms with Crippen molar-refractivity contribution in [3.05, 3.63) is 18.2 Å². The zero-order valence-electron chi connectivity index (χ0n) is 10.8. The molecule has 0 aliphatic carbocycles. The number of hydrogen-bond donors (Lipinski definition) is 3. The van der Waals surface area contributed by atoms with Gasteiger partial charge < -0.3 is 20.9 Å². The predicted molar refractivity (Wildman–Crippen MR) is 71.4 cm³/mol. The number of nitrogens with two attached hydrogens (primary N) is 1. The number of rotatable bonds is 6. The van der Waals surface area contributed by atoms with E-state index in [2.05, 4.69) is 5.32 Å². The van der Waals surface area contributed by atoms with Gasteiger partial charge in [0.25, 0.3) is 0 Å². The van der Waals surface area contributed by atoms with Gasteiger partial charge in [0.15, 0.2) is 0 Å². The van der Waals surface area contributed by atoms with E-state index in [1.165, 1.54) is 0 Å². The first-order valence-electron chi connectivity index (χ1n) is 5.94. The zero-order valence-corrected chi connectivity index (χ0v) is 10.8. The molecule has 0 aliphatic heterocycles. The van der Waals surface area contributed by atoms with Crippen LogP contribution in [0.5, 0.6) is 5.75 Å². The van der Waals surface area contributed by atoms with E-state index in [1.807, 2.05) is 26.0 Å². The van der Waals surface area contributed by atoms with Crippen molar-refractivity contribution in [3.63, 3.8) is 0 Å². The number of aliphatic hydroxyl groups is 1. The van der Waals surface area contributed by atoms with Crippen LogP contribution in [0.3, 0.4) is 0 Å². The number of nitrogen functional groups attached to an aromatic ring is 1. The number of nitrogens with one attached hydrogen (secondary N) is 1. The molecule has 0 saturated carbocycles. The van der Waals surface area contributed by atoms with E-state index < -0.39 is 5.60 Å². The summed E-state index contributed by atoms with van der Waals surface area (Å²) in [5, 5.41) is 13.3. The van der Waals surface area contributed by atoms with Crippen LogP contribution in [0.15, 0.2) is 18.2 Å². The molecule has 0 saturated heterocycles. The number of ether oxygens (including phenoxy) is 1. The van der Waals surface area contributed by atoms with Crippen molar-refractivity contribution >= 4 is 11.4 Å². The molecule has 0 heterocycles. The molecule has 17 heavy (non-hydrogen) atoms. The second-order valence-electron chi connectivity index (χ2n) is 4.24. The highest BCUT2D eigenvalue weighted by molar-refractivity contribution is 5.68. The Labute approximate surface area is 103 Å². The van der Waals surface area contributed by atoms with Gasteiger partial charge in [-0.05, 0) is 25.0 Å². The average Bonchev–Trinajstić information content (AvgIpc) is 2.37. The van der Waals surface area contributed by atoms with Crippen molar-refractivity contribution in [2.75, 3.05) is 24.7 Å². The Morgan fingerprint density at radius 3 is 2.53 bits per heavy atom. The lowest BCUT2D eigenvalue weighted by Gasteiger charge is -2.26. The van der Waals surface area contributed by atoms with Gasteiger partial charge in [0.05, 0.1) is 24.1 Å². The van der Waals surface area contributed by atoms with Crippen LogP contribution in [0.2, 0.25) is 0 Å². The topological polar surface area (TPSA) is 67.5 Å². The Morgan fingerprint density at radius 2 is 2.00 bits per heavy atom. The number of hydrogen-bond acceptors (Lipinski definition) is 4. The van der Waals surface area contributed by atoms with Crippen LogP contribution in [-0.2, 0) is 0 Å². The Morgan fingerprint density at radius 1 is 1.35 bits per heavy atom. The van der Waals surface area contributed by atoms with Crippen LogP contribution in [0.4, 0.5) is 11.4 Å². The highest BCUT2D eigenvalue weighted by Crippen LogP contribution is 2.25. The molecular weight excluding hydrogens is 216 g/mol. The Balaban J connectivity index is 2.74. The summed E-state index contributed by atoms with van der Waals surface area (Å²) in [6.07, 6.45) is 1.42. The number of anilines is 2. The fraction of sp³-hybridized carbons (Fsp3) is 0.538. The van der Waals surface area contributed by atoms with Gasteiger partial charge in [-0.2, -0.15) is 0 Å². The lowest BCUT2D eigenvalue weighted by Crippen LogP contribution is -2.35. The SMILES string of the molecule is CCC(O)(CC)CNc1cc(OC)ccc1N. The van der Waals surface area contributed by atoms with Gasteiger partial charge in [0, 0.05) is 12.6 Å². The van der Waals surface area contributed by atoms with Crippen LogP contribution in [0.25, 0.3) is 0 Å². The third-order valence-corrected chi connectivity index (χ3v) is 3.18. The van der Waals surface area contributed by atoms with Gasteiger partial charge >= 0.3 is 0 Å². The summed E-state index contributed by atoms with van der Waals surface area (Å²) in [5.74, 6) is 0.748. The summed E-state index contributed by atoms with van der Waals surface area (Å²) in [6.45, 7) is 4.43. The summed E-state index contributed by atoms with van der Waals surface area (Å²) in [4.78, 5) is 0. The van der Waals surface area contributed by atoms with Crippen molar-refractivity contribution in [2.45, 2.75) is 32.3 Å². The van der Waals surface area contributed by atoms with E-state index >= 15 is 0 Å². The lowest BCUT2D eigenvalue weighted by molar-refractivity contribution is 0.0457. The molecule has 96 valence electrons. The Kier molecular flexibility index (Phi) is 4.63. The molecule has 0 radical (unpaired) electrons. The van der Waals surface area contributed by atoms with Gasteiger partial charge in [0.1, 0.15) is 5.75 Å². The summed E-state index contributed by atoms with van der Waals surface area (Å²) < 4.78 is 5.14. The van der Waals surface area contributed by atoms with Gasteiger partial charge in [0.2, 0.25) is 0 Å². The molecule has 0 amide bonds. The van der Waals surface area contributed by atoms with Gasteiger partial charge in [-0.1, -0.05) is 13.8 Å². The second kappa shape index (κ2) is 5.77. The number of benzene rings is 1. The van der Waals surface area contributed by atoms with E-state index in [0.717, 1.165) is 11.4 Å².